The summed E-state index contributed by atoms with van der Waals surface area (Å²) >= 11 is 0. The second kappa shape index (κ2) is 6.29. The maximum atomic E-state index is 12.3. The largest absolute Gasteiger partial charge is 0.480 e. The van der Waals surface area contributed by atoms with Crippen LogP contribution in [-0.2, 0) is 14.8 Å². The zero-order valence-electron chi connectivity index (χ0n) is 12.2. The minimum Gasteiger partial charge on any atom is -0.480 e. The lowest BCUT2D eigenvalue weighted by molar-refractivity contribution is -0.139. The van der Waals surface area contributed by atoms with Crippen molar-refractivity contribution in [1.29, 1.82) is 0 Å². The molecule has 0 saturated heterocycles. The minimum atomic E-state index is -3.98. The summed E-state index contributed by atoms with van der Waals surface area (Å²) in [6.45, 7) is 3.72. The molecule has 0 radical (unpaired) electrons. The van der Waals surface area contributed by atoms with Gasteiger partial charge in [-0.05, 0) is 19.4 Å². The van der Waals surface area contributed by atoms with Crippen LogP contribution in [0.1, 0.15) is 31.5 Å². The van der Waals surface area contributed by atoms with E-state index in [0.29, 0.717) is 5.56 Å². The number of benzene rings is 1. The molecular formula is C14H17N3O4S. The number of aromatic nitrogens is 2. The van der Waals surface area contributed by atoms with E-state index >= 15 is 0 Å². The fourth-order valence-corrected chi connectivity index (χ4v) is 2.99. The highest BCUT2D eigenvalue weighted by Crippen LogP contribution is 2.18. The van der Waals surface area contributed by atoms with Crippen LogP contribution in [-0.4, -0.2) is 29.3 Å². The molecule has 8 heteroatoms. The van der Waals surface area contributed by atoms with E-state index in [-0.39, 0.29) is 10.9 Å². The van der Waals surface area contributed by atoms with E-state index in [0.717, 1.165) is 0 Å². The van der Waals surface area contributed by atoms with Crippen molar-refractivity contribution in [1.82, 2.24) is 14.5 Å². The Kier molecular flexibility index (Phi) is 4.62. The lowest BCUT2D eigenvalue weighted by Gasteiger charge is -2.14. The number of carbonyl (C=O) groups is 1. The van der Waals surface area contributed by atoms with E-state index in [1.54, 1.807) is 30.3 Å². The summed E-state index contributed by atoms with van der Waals surface area (Å²) in [7, 11) is -3.98. The highest BCUT2D eigenvalue weighted by atomic mass is 32.2. The second-order valence-corrected chi connectivity index (χ2v) is 6.77. The normalized spacial score (nSPS) is 13.2. The number of hydrogen-bond donors (Lipinski definition) is 2. The monoisotopic (exact) mass is 323 g/mol. The summed E-state index contributed by atoms with van der Waals surface area (Å²) in [6, 6.07) is 6.79. The molecule has 2 aromatic rings. The zero-order chi connectivity index (χ0) is 16.3. The minimum absolute atomic E-state index is 0.00773. The molecule has 0 aliphatic heterocycles. The van der Waals surface area contributed by atoms with Crippen LogP contribution < -0.4 is 4.72 Å². The average molecular weight is 323 g/mol. The lowest BCUT2D eigenvalue weighted by Crippen LogP contribution is -2.33. The Morgan fingerprint density at radius 1 is 1.27 bits per heavy atom. The van der Waals surface area contributed by atoms with Crippen molar-refractivity contribution in [2.75, 3.05) is 0 Å². The van der Waals surface area contributed by atoms with Gasteiger partial charge in [0.1, 0.15) is 10.9 Å². The summed E-state index contributed by atoms with van der Waals surface area (Å²) in [6.07, 6.45) is 2.57. The van der Waals surface area contributed by atoms with Crippen LogP contribution in [0.25, 0.3) is 0 Å². The first kappa shape index (κ1) is 16.2. The first-order chi connectivity index (χ1) is 10.3. The zero-order valence-corrected chi connectivity index (χ0v) is 13.0. The van der Waals surface area contributed by atoms with E-state index in [1.165, 1.54) is 17.1 Å². The van der Waals surface area contributed by atoms with Gasteiger partial charge in [0.25, 0.3) is 0 Å². The van der Waals surface area contributed by atoms with Crippen LogP contribution in [0.2, 0.25) is 0 Å². The van der Waals surface area contributed by atoms with Gasteiger partial charge in [0, 0.05) is 12.2 Å². The van der Waals surface area contributed by atoms with Gasteiger partial charge in [0.05, 0.1) is 6.20 Å². The second-order valence-electron chi connectivity index (χ2n) is 5.05. The van der Waals surface area contributed by atoms with Gasteiger partial charge in [-0.15, -0.1) is 0 Å². The van der Waals surface area contributed by atoms with Crippen LogP contribution in [0.4, 0.5) is 0 Å². The van der Waals surface area contributed by atoms with Gasteiger partial charge in [-0.2, -0.15) is 9.82 Å². The molecule has 0 unspecified atom stereocenters. The number of hydrogen-bond acceptors (Lipinski definition) is 4. The molecule has 1 aromatic carbocycles. The van der Waals surface area contributed by atoms with Gasteiger partial charge in [-0.1, -0.05) is 30.3 Å². The van der Waals surface area contributed by atoms with Crippen LogP contribution >= 0.6 is 0 Å². The van der Waals surface area contributed by atoms with Gasteiger partial charge in [0.2, 0.25) is 10.0 Å². The highest BCUT2D eigenvalue weighted by molar-refractivity contribution is 7.89. The molecule has 22 heavy (non-hydrogen) atoms. The Morgan fingerprint density at radius 3 is 2.41 bits per heavy atom. The molecule has 0 bridgehead atoms. The first-order valence-corrected chi connectivity index (χ1v) is 8.14. The maximum Gasteiger partial charge on any atom is 0.326 e. The summed E-state index contributed by atoms with van der Waals surface area (Å²) in [5.41, 5.74) is 0.356. The molecule has 7 nitrogen and oxygen atoms in total. The molecule has 1 atom stereocenters. The molecular weight excluding hydrogens is 306 g/mol. The highest BCUT2D eigenvalue weighted by Gasteiger charge is 2.27. The Bertz CT molecular complexity index is 753. The van der Waals surface area contributed by atoms with E-state index in [2.05, 4.69) is 9.82 Å². The van der Waals surface area contributed by atoms with Gasteiger partial charge >= 0.3 is 5.97 Å². The SMILES string of the molecule is CC(C)n1cc(S(=O)(=O)N[C@H](C(=O)O)c2ccccc2)cn1. The van der Waals surface area contributed by atoms with Gasteiger partial charge in [-0.25, -0.2) is 8.42 Å². The number of nitrogens with zero attached hydrogens (tertiary/aromatic N) is 2. The molecule has 0 spiro atoms. The molecule has 2 N–H and O–H groups in total. The molecule has 118 valence electrons. The Hall–Kier alpha value is -2.19. The van der Waals surface area contributed by atoms with Crippen molar-refractivity contribution in [3.8, 4) is 0 Å². The van der Waals surface area contributed by atoms with Crippen LogP contribution in [0.5, 0.6) is 0 Å². The van der Waals surface area contributed by atoms with Crippen LogP contribution in [0.15, 0.2) is 47.6 Å². The van der Waals surface area contributed by atoms with Crippen molar-refractivity contribution < 1.29 is 18.3 Å². The first-order valence-electron chi connectivity index (χ1n) is 6.65. The molecule has 1 heterocycles. The van der Waals surface area contributed by atoms with Crippen molar-refractivity contribution in [2.24, 2.45) is 0 Å². The molecule has 0 saturated carbocycles. The van der Waals surface area contributed by atoms with Gasteiger partial charge in [0.15, 0.2) is 0 Å². The van der Waals surface area contributed by atoms with Crippen molar-refractivity contribution in [3.63, 3.8) is 0 Å². The number of nitrogens with one attached hydrogen (secondary N) is 1. The number of carboxylic acids is 1. The van der Waals surface area contributed by atoms with Crippen molar-refractivity contribution >= 4 is 16.0 Å². The van der Waals surface area contributed by atoms with Crippen LogP contribution in [0, 0.1) is 0 Å². The van der Waals surface area contributed by atoms with E-state index in [4.69, 9.17) is 0 Å². The Labute approximate surface area is 128 Å². The third-order valence-electron chi connectivity index (χ3n) is 3.07. The molecule has 0 aliphatic rings. The van der Waals surface area contributed by atoms with Gasteiger partial charge < -0.3 is 5.11 Å². The predicted octanol–water partition coefficient (Wildman–Crippen LogP) is 1.57. The smallest absolute Gasteiger partial charge is 0.326 e. The summed E-state index contributed by atoms with van der Waals surface area (Å²) in [5, 5.41) is 13.2. The Balaban J connectivity index is 2.30. The fourth-order valence-electron chi connectivity index (χ4n) is 1.87. The summed E-state index contributed by atoms with van der Waals surface area (Å²) in [5.74, 6) is -1.27. The van der Waals surface area contributed by atoms with E-state index in [1.807, 2.05) is 13.8 Å². The molecule has 0 aliphatic carbocycles. The third-order valence-corrected chi connectivity index (χ3v) is 4.45. The number of sulfonamides is 1. The predicted molar refractivity (Wildman–Crippen MR) is 79.8 cm³/mol. The number of aliphatic carboxylic acids is 1. The van der Waals surface area contributed by atoms with Crippen molar-refractivity contribution in [2.45, 2.75) is 30.8 Å². The molecule has 0 fully saturated rings. The molecule has 2 rings (SSSR count). The topological polar surface area (TPSA) is 101 Å². The quantitative estimate of drug-likeness (QED) is 0.840. The van der Waals surface area contributed by atoms with E-state index < -0.39 is 22.0 Å². The summed E-state index contributed by atoms with van der Waals surface area (Å²) < 4.78 is 28.3. The summed E-state index contributed by atoms with van der Waals surface area (Å²) in [4.78, 5) is 11.3. The average Bonchev–Trinajstić information content (AvgIpc) is 2.96. The maximum absolute atomic E-state index is 12.3. The molecule has 0 amide bonds. The Morgan fingerprint density at radius 2 is 1.91 bits per heavy atom. The lowest BCUT2D eigenvalue weighted by atomic mass is 10.1. The fraction of sp³-hybridized carbons (Fsp3) is 0.286. The molecule has 1 aromatic heterocycles. The van der Waals surface area contributed by atoms with Crippen molar-refractivity contribution in [3.05, 3.63) is 48.3 Å². The standard InChI is InChI=1S/C14H17N3O4S/c1-10(2)17-9-12(8-15-17)22(20,21)16-13(14(18)19)11-6-4-3-5-7-11/h3-10,13,16H,1-2H3,(H,18,19)/t13-/m0/s1. The van der Waals surface area contributed by atoms with E-state index in [9.17, 15) is 18.3 Å². The third kappa shape index (κ3) is 3.52. The van der Waals surface area contributed by atoms with Crippen LogP contribution in [0.3, 0.4) is 0 Å². The number of rotatable bonds is 6. The number of carboxylic acid groups (broad SMARTS) is 1. The van der Waals surface area contributed by atoms with Gasteiger partial charge in [-0.3, -0.25) is 9.48 Å².